The molecule has 11 heteroatoms. The van der Waals surface area contributed by atoms with E-state index in [0.717, 1.165) is 33.6 Å². The van der Waals surface area contributed by atoms with Gasteiger partial charge in [-0.2, -0.15) is 13.2 Å². The number of hydrogen-bond acceptors (Lipinski definition) is 4. The summed E-state index contributed by atoms with van der Waals surface area (Å²) in [6, 6.07) is 9.64. The topological polar surface area (TPSA) is 75.3 Å². The van der Waals surface area contributed by atoms with E-state index >= 15 is 0 Å². The summed E-state index contributed by atoms with van der Waals surface area (Å²) < 4.78 is 66.7. The van der Waals surface area contributed by atoms with Crippen molar-refractivity contribution in [1.29, 1.82) is 0 Å². The van der Waals surface area contributed by atoms with Crippen LogP contribution in [0.3, 0.4) is 0 Å². The summed E-state index contributed by atoms with van der Waals surface area (Å²) >= 11 is 4.81. The Morgan fingerprint density at radius 1 is 1.06 bits per heavy atom. The van der Waals surface area contributed by atoms with Gasteiger partial charge in [0.25, 0.3) is 15.9 Å². The third-order valence-electron chi connectivity index (χ3n) is 4.47. The summed E-state index contributed by atoms with van der Waals surface area (Å²) in [4.78, 5) is 13.1. The van der Waals surface area contributed by atoms with Gasteiger partial charge in [-0.1, -0.05) is 0 Å². The van der Waals surface area contributed by atoms with E-state index in [4.69, 9.17) is 0 Å². The highest BCUT2D eigenvalue weighted by molar-refractivity contribution is 9.10. The molecule has 0 saturated heterocycles. The number of nitrogens with one attached hydrogen (secondary N) is 2. The van der Waals surface area contributed by atoms with Crippen LogP contribution in [0.4, 0.5) is 24.5 Å². The average molecular weight is 529 g/mol. The van der Waals surface area contributed by atoms with Crippen LogP contribution >= 0.6 is 27.3 Å². The van der Waals surface area contributed by atoms with E-state index < -0.39 is 21.8 Å². The lowest BCUT2D eigenvalue weighted by Gasteiger charge is -2.11. The Labute approximate surface area is 187 Å². The molecule has 31 heavy (non-hydrogen) atoms. The molecule has 1 amide bonds. The van der Waals surface area contributed by atoms with Crippen molar-refractivity contribution in [3.8, 4) is 0 Å². The van der Waals surface area contributed by atoms with Gasteiger partial charge in [-0.15, -0.1) is 11.3 Å². The first-order valence-corrected chi connectivity index (χ1v) is 11.8. The molecule has 0 saturated carbocycles. The van der Waals surface area contributed by atoms with E-state index in [-0.39, 0.29) is 16.5 Å². The number of amides is 1. The first-order valence-electron chi connectivity index (χ1n) is 8.65. The van der Waals surface area contributed by atoms with Crippen molar-refractivity contribution in [3.05, 3.63) is 74.4 Å². The van der Waals surface area contributed by atoms with E-state index in [0.29, 0.717) is 16.8 Å². The van der Waals surface area contributed by atoms with Gasteiger partial charge < -0.3 is 5.32 Å². The van der Waals surface area contributed by atoms with Gasteiger partial charge in [0.05, 0.1) is 16.0 Å². The Hall–Kier alpha value is -2.63. The summed E-state index contributed by atoms with van der Waals surface area (Å²) in [6.45, 7) is 0. The molecule has 2 aromatic carbocycles. The molecule has 0 unspecified atom stereocenters. The summed E-state index contributed by atoms with van der Waals surface area (Å²) in [7, 11) is -4.10. The van der Waals surface area contributed by atoms with Crippen LogP contribution in [0.5, 0.6) is 0 Å². The highest BCUT2D eigenvalue weighted by Gasteiger charge is 2.30. The van der Waals surface area contributed by atoms with Crippen LogP contribution < -0.4 is 10.0 Å². The van der Waals surface area contributed by atoms with Crippen molar-refractivity contribution in [2.24, 2.45) is 0 Å². The second kappa shape index (κ2) is 7.81. The van der Waals surface area contributed by atoms with Crippen LogP contribution in [0.2, 0.25) is 0 Å². The zero-order valence-electron chi connectivity index (χ0n) is 15.3. The number of sulfonamides is 1. The van der Waals surface area contributed by atoms with Gasteiger partial charge in [-0.3, -0.25) is 9.52 Å². The van der Waals surface area contributed by atoms with Gasteiger partial charge in [0.15, 0.2) is 0 Å². The first kappa shape index (κ1) is 21.6. The molecule has 2 heterocycles. The fourth-order valence-corrected chi connectivity index (χ4v) is 5.46. The predicted molar refractivity (Wildman–Crippen MR) is 117 cm³/mol. The molecule has 3 aromatic rings. The van der Waals surface area contributed by atoms with Crippen LogP contribution in [0.15, 0.2) is 63.3 Å². The molecule has 0 spiro atoms. The molecule has 0 radical (unpaired) electrons. The van der Waals surface area contributed by atoms with Crippen molar-refractivity contribution in [1.82, 2.24) is 0 Å². The molecule has 160 valence electrons. The molecule has 1 aliphatic heterocycles. The van der Waals surface area contributed by atoms with E-state index in [2.05, 4.69) is 26.0 Å². The molecule has 1 aromatic heterocycles. The highest BCUT2D eigenvalue weighted by atomic mass is 79.9. The van der Waals surface area contributed by atoms with Crippen molar-refractivity contribution in [3.63, 3.8) is 0 Å². The SMILES string of the molecule is O=C1Nc2ccc(S(=O)(=O)Nc3ccc(C(F)(F)F)cc3)cc2C1=Cc1sccc1Br. The number of thiophene rings is 1. The zero-order chi connectivity index (χ0) is 22.4. The minimum absolute atomic E-state index is 0.0130. The van der Waals surface area contributed by atoms with Crippen LogP contribution in [0, 0.1) is 0 Å². The third-order valence-corrected chi connectivity index (χ3v) is 7.67. The second-order valence-corrected chi connectivity index (χ2v) is 10.0. The van der Waals surface area contributed by atoms with E-state index in [9.17, 15) is 26.4 Å². The quantitative estimate of drug-likeness (QED) is 0.418. The molecule has 5 nitrogen and oxygen atoms in total. The predicted octanol–water partition coefficient (Wildman–Crippen LogP) is 5.82. The van der Waals surface area contributed by atoms with Crippen LogP contribution in [0.25, 0.3) is 11.6 Å². The number of carbonyl (C=O) groups is 1. The molecule has 0 atom stereocenters. The largest absolute Gasteiger partial charge is 0.416 e. The van der Waals surface area contributed by atoms with E-state index in [1.807, 2.05) is 11.4 Å². The summed E-state index contributed by atoms with van der Waals surface area (Å²) in [5.41, 5.74) is 0.302. The van der Waals surface area contributed by atoms with Gasteiger partial charge in [-0.25, -0.2) is 8.42 Å². The van der Waals surface area contributed by atoms with Crippen molar-refractivity contribution in [2.45, 2.75) is 11.1 Å². The molecular weight excluding hydrogens is 517 g/mol. The smallest absolute Gasteiger partial charge is 0.321 e. The number of carbonyl (C=O) groups excluding carboxylic acids is 1. The third kappa shape index (κ3) is 4.39. The maximum absolute atomic E-state index is 12.8. The molecule has 0 fully saturated rings. The fraction of sp³-hybridized carbons (Fsp3) is 0.0500. The maximum atomic E-state index is 12.8. The number of anilines is 2. The lowest BCUT2D eigenvalue weighted by Crippen LogP contribution is -2.13. The van der Waals surface area contributed by atoms with Gasteiger partial charge in [0.2, 0.25) is 0 Å². The number of halogens is 4. The van der Waals surface area contributed by atoms with Crippen LogP contribution in [-0.4, -0.2) is 14.3 Å². The standard InChI is InChI=1S/C20H12BrF3N2O3S2/c21-16-7-8-30-18(16)10-15-14-9-13(5-6-17(14)25-19(15)27)31(28,29)26-12-3-1-11(2-4-12)20(22,23)24/h1-10,26H,(H,25,27). The minimum Gasteiger partial charge on any atom is -0.321 e. The number of fused-ring (bicyclic) bond motifs is 1. The Morgan fingerprint density at radius 3 is 2.39 bits per heavy atom. The average Bonchev–Trinajstić information content (AvgIpc) is 3.24. The van der Waals surface area contributed by atoms with Crippen molar-refractivity contribution in [2.75, 3.05) is 10.0 Å². The summed E-state index contributed by atoms with van der Waals surface area (Å²) in [5, 5.41) is 4.53. The Morgan fingerprint density at radius 2 is 1.77 bits per heavy atom. The number of benzene rings is 2. The monoisotopic (exact) mass is 528 g/mol. The number of hydrogen-bond donors (Lipinski definition) is 2. The van der Waals surface area contributed by atoms with Gasteiger partial charge in [-0.05, 0) is 75.9 Å². The van der Waals surface area contributed by atoms with Crippen LogP contribution in [-0.2, 0) is 21.0 Å². The second-order valence-electron chi connectivity index (χ2n) is 6.53. The maximum Gasteiger partial charge on any atom is 0.416 e. The number of rotatable bonds is 4. The summed E-state index contributed by atoms with van der Waals surface area (Å²) in [5.74, 6) is -0.361. The van der Waals surface area contributed by atoms with Crippen LogP contribution in [0.1, 0.15) is 16.0 Å². The molecule has 2 N–H and O–H groups in total. The highest BCUT2D eigenvalue weighted by Crippen LogP contribution is 2.37. The first-order chi connectivity index (χ1) is 14.5. The van der Waals surface area contributed by atoms with Crippen molar-refractivity contribution < 1.29 is 26.4 Å². The van der Waals surface area contributed by atoms with Gasteiger partial charge in [0, 0.05) is 26.3 Å². The molecule has 1 aliphatic rings. The van der Waals surface area contributed by atoms with Gasteiger partial charge in [0.1, 0.15) is 0 Å². The minimum atomic E-state index is -4.52. The Bertz CT molecular complexity index is 1310. The van der Waals surface area contributed by atoms with E-state index in [1.165, 1.54) is 29.5 Å². The lowest BCUT2D eigenvalue weighted by molar-refractivity contribution is -0.137. The summed E-state index contributed by atoms with van der Waals surface area (Å²) in [6.07, 6.45) is -2.85. The van der Waals surface area contributed by atoms with Gasteiger partial charge >= 0.3 is 6.18 Å². The molecular formula is C20H12BrF3N2O3S2. The molecule has 0 bridgehead atoms. The number of alkyl halides is 3. The zero-order valence-corrected chi connectivity index (χ0v) is 18.5. The normalized spacial score (nSPS) is 15.1. The van der Waals surface area contributed by atoms with E-state index in [1.54, 1.807) is 6.08 Å². The van der Waals surface area contributed by atoms with Crippen molar-refractivity contribution >= 4 is 66.2 Å². The molecule has 0 aliphatic carbocycles. The lowest BCUT2D eigenvalue weighted by atomic mass is 10.1. The Kier molecular flexibility index (Phi) is 5.44. The fourth-order valence-electron chi connectivity index (χ4n) is 2.96. The Balaban J connectivity index is 1.66. The molecule has 4 rings (SSSR count).